The minimum Gasteiger partial charge on any atom is -0.461 e. The van der Waals surface area contributed by atoms with E-state index in [9.17, 15) is 14.4 Å². The van der Waals surface area contributed by atoms with Crippen LogP contribution in [0.25, 0.3) is 10.2 Å². The molecule has 32 heavy (non-hydrogen) atoms. The number of aromatic nitrogens is 4. The van der Waals surface area contributed by atoms with Gasteiger partial charge in [-0.1, -0.05) is 41.7 Å². The van der Waals surface area contributed by atoms with Gasteiger partial charge in [-0.05, 0) is 25.0 Å². The molecule has 3 aromatic heterocycles. The molecule has 1 aromatic carbocycles. The Morgan fingerprint density at radius 2 is 1.91 bits per heavy atom. The Kier molecular flexibility index (Phi) is 6.37. The number of nitrogens with one attached hydrogen (secondary N) is 1. The smallest absolute Gasteiger partial charge is 0.348 e. The van der Waals surface area contributed by atoms with Crippen molar-refractivity contribution < 1.29 is 14.3 Å². The number of rotatable bonds is 7. The summed E-state index contributed by atoms with van der Waals surface area (Å²) in [6.45, 7) is 3.47. The first-order valence-electron chi connectivity index (χ1n) is 9.72. The van der Waals surface area contributed by atoms with Crippen LogP contribution in [0.3, 0.4) is 0 Å². The molecule has 4 aromatic rings. The Labute approximate surface area is 190 Å². The number of anilines is 1. The van der Waals surface area contributed by atoms with E-state index in [2.05, 4.69) is 20.5 Å². The van der Waals surface area contributed by atoms with Gasteiger partial charge in [0.1, 0.15) is 21.3 Å². The molecular formula is C21H19N5O4S2. The topological polar surface area (TPSA) is 116 Å². The van der Waals surface area contributed by atoms with Crippen LogP contribution >= 0.6 is 22.7 Å². The highest BCUT2D eigenvalue weighted by molar-refractivity contribution is 7.20. The Morgan fingerprint density at radius 3 is 2.62 bits per heavy atom. The lowest BCUT2D eigenvalue weighted by Gasteiger charge is -2.05. The number of carbonyl (C=O) groups excluding carboxylic acids is 2. The van der Waals surface area contributed by atoms with Gasteiger partial charge < -0.3 is 4.74 Å². The Hall–Kier alpha value is -3.44. The van der Waals surface area contributed by atoms with E-state index in [0.717, 1.165) is 21.9 Å². The largest absolute Gasteiger partial charge is 0.461 e. The van der Waals surface area contributed by atoms with E-state index in [4.69, 9.17) is 4.74 Å². The number of carbonyl (C=O) groups is 2. The molecule has 0 aliphatic carbocycles. The van der Waals surface area contributed by atoms with Gasteiger partial charge in [-0.25, -0.2) is 9.78 Å². The van der Waals surface area contributed by atoms with Crippen LogP contribution in [-0.4, -0.2) is 38.2 Å². The number of thiophene rings is 1. The molecule has 0 spiro atoms. The number of aryl methyl sites for hydroxylation is 2. The third-order valence-electron chi connectivity index (χ3n) is 4.66. The maximum atomic E-state index is 12.9. The van der Waals surface area contributed by atoms with Crippen molar-refractivity contribution in [2.45, 2.75) is 26.8 Å². The summed E-state index contributed by atoms with van der Waals surface area (Å²) in [5.74, 6) is -0.908. The second kappa shape index (κ2) is 9.37. The summed E-state index contributed by atoms with van der Waals surface area (Å²) in [4.78, 5) is 42.8. The van der Waals surface area contributed by atoms with Crippen molar-refractivity contribution >= 4 is 49.9 Å². The van der Waals surface area contributed by atoms with Gasteiger partial charge in [0.05, 0.1) is 18.3 Å². The first-order valence-corrected chi connectivity index (χ1v) is 11.3. The summed E-state index contributed by atoms with van der Waals surface area (Å²) < 4.78 is 6.61. The summed E-state index contributed by atoms with van der Waals surface area (Å²) in [6, 6.07) is 9.72. The number of nitrogens with zero attached hydrogens (tertiary/aromatic N) is 4. The van der Waals surface area contributed by atoms with Crippen LogP contribution in [0.4, 0.5) is 5.13 Å². The summed E-state index contributed by atoms with van der Waals surface area (Å²) in [7, 11) is 0. The Morgan fingerprint density at radius 1 is 1.12 bits per heavy atom. The van der Waals surface area contributed by atoms with E-state index >= 15 is 0 Å². The van der Waals surface area contributed by atoms with Crippen LogP contribution in [-0.2, 0) is 22.5 Å². The van der Waals surface area contributed by atoms with Crippen molar-refractivity contribution in [2.75, 3.05) is 11.9 Å². The van der Waals surface area contributed by atoms with Crippen LogP contribution in [0.5, 0.6) is 0 Å². The summed E-state index contributed by atoms with van der Waals surface area (Å²) in [5, 5.41) is 11.7. The minimum absolute atomic E-state index is 0.230. The summed E-state index contributed by atoms with van der Waals surface area (Å²) >= 11 is 2.35. The monoisotopic (exact) mass is 469 g/mol. The van der Waals surface area contributed by atoms with E-state index in [1.54, 1.807) is 13.8 Å². The molecule has 9 nitrogen and oxygen atoms in total. The number of hydrogen-bond acceptors (Lipinski definition) is 9. The number of hydrogen-bond donors (Lipinski definition) is 1. The predicted octanol–water partition coefficient (Wildman–Crippen LogP) is 2.96. The average Bonchev–Trinajstić information content (AvgIpc) is 3.33. The van der Waals surface area contributed by atoms with E-state index < -0.39 is 17.4 Å². The normalized spacial score (nSPS) is 10.9. The van der Waals surface area contributed by atoms with Crippen LogP contribution in [0.2, 0.25) is 0 Å². The molecule has 1 N–H and O–H groups in total. The Bertz CT molecular complexity index is 1340. The molecule has 3 heterocycles. The zero-order chi connectivity index (χ0) is 22.7. The molecule has 11 heteroatoms. The third kappa shape index (κ3) is 4.73. The van der Waals surface area contributed by atoms with Gasteiger partial charge in [-0.15, -0.1) is 21.5 Å². The molecule has 0 radical (unpaired) electrons. The van der Waals surface area contributed by atoms with E-state index in [0.29, 0.717) is 32.2 Å². The number of ether oxygens (including phenoxy) is 1. The van der Waals surface area contributed by atoms with Crippen LogP contribution in [0.1, 0.15) is 25.8 Å². The van der Waals surface area contributed by atoms with Gasteiger partial charge in [0, 0.05) is 6.42 Å². The fraction of sp³-hybridized carbons (Fsp3) is 0.238. The number of amides is 1. The number of benzene rings is 1. The van der Waals surface area contributed by atoms with Crippen LogP contribution in [0, 0.1) is 13.8 Å². The second-order valence-electron chi connectivity index (χ2n) is 6.96. The molecule has 0 bridgehead atoms. The standard InChI is InChI=1S/C21H19N5O4S2/c1-12-16-18(32-17(12)20(29)30-9-8-14-6-4-3-5-7-14)22-11-26(19(16)28)10-15(27)23-21-25-24-13(2)31-21/h3-7,11H,8-10H2,1-2H3,(H,23,25,27). The maximum absolute atomic E-state index is 12.9. The molecule has 164 valence electrons. The molecule has 0 atom stereocenters. The Balaban J connectivity index is 1.48. The highest BCUT2D eigenvalue weighted by Gasteiger charge is 2.21. The number of fused-ring (bicyclic) bond motifs is 1. The molecule has 4 rings (SSSR count). The highest BCUT2D eigenvalue weighted by Crippen LogP contribution is 2.27. The highest BCUT2D eigenvalue weighted by atomic mass is 32.1. The van der Waals surface area contributed by atoms with Gasteiger partial charge in [0.2, 0.25) is 11.0 Å². The van der Waals surface area contributed by atoms with Gasteiger partial charge in [-0.3, -0.25) is 19.5 Å². The van der Waals surface area contributed by atoms with E-state index in [1.807, 2.05) is 30.3 Å². The second-order valence-corrected chi connectivity index (χ2v) is 9.14. The first-order chi connectivity index (χ1) is 15.4. The van der Waals surface area contributed by atoms with Crippen molar-refractivity contribution in [1.29, 1.82) is 0 Å². The molecule has 0 saturated heterocycles. The predicted molar refractivity (Wildman–Crippen MR) is 122 cm³/mol. The van der Waals surface area contributed by atoms with Gasteiger partial charge in [-0.2, -0.15) is 0 Å². The van der Waals surface area contributed by atoms with Crippen LogP contribution in [0.15, 0.2) is 41.5 Å². The zero-order valence-corrected chi connectivity index (χ0v) is 19.0. The lowest BCUT2D eigenvalue weighted by Crippen LogP contribution is -2.27. The summed E-state index contributed by atoms with van der Waals surface area (Å²) in [5.41, 5.74) is 1.18. The lowest BCUT2D eigenvalue weighted by molar-refractivity contribution is -0.116. The average molecular weight is 470 g/mol. The maximum Gasteiger partial charge on any atom is 0.348 e. The zero-order valence-electron chi connectivity index (χ0n) is 17.3. The van der Waals surface area contributed by atoms with Gasteiger partial charge in [0.15, 0.2) is 0 Å². The van der Waals surface area contributed by atoms with E-state index in [1.165, 1.54) is 22.2 Å². The summed E-state index contributed by atoms with van der Waals surface area (Å²) in [6.07, 6.45) is 1.90. The van der Waals surface area contributed by atoms with E-state index in [-0.39, 0.29) is 13.2 Å². The fourth-order valence-electron chi connectivity index (χ4n) is 3.10. The SMILES string of the molecule is Cc1nnc(NC(=O)Cn2cnc3sc(C(=O)OCCc4ccccc4)c(C)c3c2=O)s1. The fourth-order valence-corrected chi connectivity index (χ4v) is 4.74. The van der Waals surface area contributed by atoms with Crippen molar-refractivity contribution in [1.82, 2.24) is 19.7 Å². The lowest BCUT2D eigenvalue weighted by atomic mass is 10.2. The van der Waals surface area contributed by atoms with Gasteiger partial charge >= 0.3 is 5.97 Å². The van der Waals surface area contributed by atoms with Gasteiger partial charge in [0.25, 0.3) is 5.56 Å². The van der Waals surface area contributed by atoms with Crippen molar-refractivity contribution in [3.8, 4) is 0 Å². The quantitative estimate of drug-likeness (QED) is 0.414. The van der Waals surface area contributed by atoms with Crippen molar-refractivity contribution in [3.05, 3.63) is 68.0 Å². The first kappa shape index (κ1) is 21.8. The molecule has 0 fully saturated rings. The molecule has 0 unspecified atom stereocenters. The molecule has 1 amide bonds. The molecular weight excluding hydrogens is 450 g/mol. The molecule has 0 saturated carbocycles. The van der Waals surface area contributed by atoms with Crippen LogP contribution < -0.4 is 10.9 Å². The molecule has 0 aliphatic rings. The third-order valence-corrected chi connectivity index (χ3v) is 6.59. The van der Waals surface area contributed by atoms with Crippen molar-refractivity contribution in [2.24, 2.45) is 0 Å². The number of esters is 1. The molecule has 0 aliphatic heterocycles. The minimum atomic E-state index is -0.489. The van der Waals surface area contributed by atoms with Crippen molar-refractivity contribution in [3.63, 3.8) is 0 Å².